The minimum absolute atomic E-state index is 0.112. The molecule has 0 aliphatic rings. The monoisotopic (exact) mass is 432 g/mol. The highest BCUT2D eigenvalue weighted by molar-refractivity contribution is 7.52. The fourth-order valence-corrected chi connectivity index (χ4v) is 5.59. The van der Waals surface area contributed by atoms with Crippen LogP contribution in [0.15, 0.2) is 0 Å². The third kappa shape index (κ3) is 19.3. The lowest BCUT2D eigenvalue weighted by Crippen LogP contribution is -2.18. The SMILES string of the molecule is CC(C)(CCCOCCCOCCCC(C)(C)CP(=O)(O)O)CP(=O)(O)O. The summed E-state index contributed by atoms with van der Waals surface area (Å²) in [6.45, 7) is 9.65. The van der Waals surface area contributed by atoms with Crippen molar-refractivity contribution >= 4 is 15.2 Å². The van der Waals surface area contributed by atoms with Gasteiger partial charge < -0.3 is 29.0 Å². The van der Waals surface area contributed by atoms with Crippen molar-refractivity contribution in [3.63, 3.8) is 0 Å². The second kappa shape index (κ2) is 12.0. The Morgan fingerprint density at radius 1 is 0.630 bits per heavy atom. The molecular weight excluding hydrogens is 394 g/mol. The van der Waals surface area contributed by atoms with Gasteiger partial charge in [-0.2, -0.15) is 0 Å². The Kier molecular flexibility index (Phi) is 12.1. The van der Waals surface area contributed by atoms with E-state index in [1.807, 2.05) is 27.7 Å². The van der Waals surface area contributed by atoms with Crippen molar-refractivity contribution < 1.29 is 38.2 Å². The maximum atomic E-state index is 11.1. The fraction of sp³-hybridized carbons (Fsp3) is 1.00. The zero-order chi connectivity index (χ0) is 21.2. The lowest BCUT2D eigenvalue weighted by atomic mass is 9.90. The van der Waals surface area contributed by atoms with Crippen LogP contribution in [0.2, 0.25) is 0 Å². The van der Waals surface area contributed by atoms with E-state index < -0.39 is 26.0 Å². The molecule has 4 N–H and O–H groups in total. The molecule has 0 heterocycles. The summed E-state index contributed by atoms with van der Waals surface area (Å²) in [6, 6.07) is 0. The molecule has 10 heteroatoms. The van der Waals surface area contributed by atoms with E-state index in [1.165, 1.54) is 0 Å². The molecule has 0 amide bonds. The van der Waals surface area contributed by atoms with E-state index in [1.54, 1.807) is 0 Å². The molecule has 0 aliphatic carbocycles. The molecule has 0 aromatic carbocycles. The van der Waals surface area contributed by atoms with Gasteiger partial charge >= 0.3 is 15.2 Å². The smallest absolute Gasteiger partial charge is 0.326 e. The molecule has 0 saturated carbocycles. The van der Waals surface area contributed by atoms with Gasteiger partial charge in [-0.05, 0) is 42.9 Å². The predicted molar refractivity (Wildman–Crippen MR) is 106 cm³/mol. The number of rotatable bonds is 16. The molecule has 0 aromatic rings. The predicted octanol–water partition coefficient (Wildman–Crippen LogP) is 3.38. The van der Waals surface area contributed by atoms with Crippen molar-refractivity contribution in [1.29, 1.82) is 0 Å². The molecule has 0 rings (SSSR count). The average Bonchev–Trinajstić information content (AvgIpc) is 2.39. The van der Waals surface area contributed by atoms with E-state index >= 15 is 0 Å². The van der Waals surface area contributed by atoms with E-state index in [0.717, 1.165) is 19.3 Å². The summed E-state index contributed by atoms with van der Waals surface area (Å²) < 4.78 is 33.1. The second-order valence-electron chi connectivity index (χ2n) is 8.76. The Balaban J connectivity index is 3.58. The summed E-state index contributed by atoms with van der Waals surface area (Å²) in [4.78, 5) is 36.2. The van der Waals surface area contributed by atoms with Crippen LogP contribution in [0.3, 0.4) is 0 Å². The van der Waals surface area contributed by atoms with Crippen LogP contribution in [0.5, 0.6) is 0 Å². The Morgan fingerprint density at radius 2 is 0.926 bits per heavy atom. The number of hydrogen-bond donors (Lipinski definition) is 4. The van der Waals surface area contributed by atoms with Crippen molar-refractivity contribution in [3.8, 4) is 0 Å². The van der Waals surface area contributed by atoms with Gasteiger partial charge in [-0.15, -0.1) is 0 Å². The molecule has 0 radical (unpaired) electrons. The van der Waals surface area contributed by atoms with Gasteiger partial charge in [-0.25, -0.2) is 0 Å². The zero-order valence-corrected chi connectivity index (χ0v) is 18.9. The van der Waals surface area contributed by atoms with E-state index in [-0.39, 0.29) is 12.3 Å². The summed E-state index contributed by atoms with van der Waals surface area (Å²) in [5.74, 6) is 0. The summed E-state index contributed by atoms with van der Waals surface area (Å²) in [5.41, 5.74) is -0.807. The van der Waals surface area contributed by atoms with Gasteiger partial charge in [0.15, 0.2) is 0 Å². The molecule has 0 aromatic heterocycles. The third-order valence-corrected chi connectivity index (χ3v) is 6.67. The van der Waals surface area contributed by atoms with Gasteiger partial charge in [0, 0.05) is 26.4 Å². The molecule has 0 fully saturated rings. The first-order chi connectivity index (χ1) is 12.1. The van der Waals surface area contributed by atoms with E-state index in [2.05, 4.69) is 0 Å². The fourth-order valence-electron chi connectivity index (χ4n) is 3.05. The van der Waals surface area contributed by atoms with Crippen LogP contribution in [0, 0.1) is 10.8 Å². The molecule has 0 saturated heterocycles. The van der Waals surface area contributed by atoms with Crippen LogP contribution in [0.1, 0.15) is 59.8 Å². The average molecular weight is 432 g/mol. The molecule has 0 bridgehead atoms. The Morgan fingerprint density at radius 3 is 1.22 bits per heavy atom. The summed E-state index contributed by atoms with van der Waals surface area (Å²) in [7, 11) is -7.97. The maximum absolute atomic E-state index is 11.1. The van der Waals surface area contributed by atoms with E-state index in [4.69, 9.17) is 29.0 Å². The van der Waals surface area contributed by atoms with Gasteiger partial charge in [-0.3, -0.25) is 9.13 Å². The highest BCUT2D eigenvalue weighted by Gasteiger charge is 2.28. The lowest BCUT2D eigenvalue weighted by Gasteiger charge is -2.24. The van der Waals surface area contributed by atoms with E-state index in [9.17, 15) is 9.13 Å². The van der Waals surface area contributed by atoms with Crippen LogP contribution in [0.4, 0.5) is 0 Å². The van der Waals surface area contributed by atoms with Gasteiger partial charge in [0.25, 0.3) is 0 Å². The lowest BCUT2D eigenvalue weighted by molar-refractivity contribution is 0.0745. The molecule has 0 aliphatic heterocycles. The summed E-state index contributed by atoms with van der Waals surface area (Å²) in [6.07, 6.45) is 3.43. The van der Waals surface area contributed by atoms with Gasteiger partial charge in [0.05, 0.1) is 12.3 Å². The Labute approximate surface area is 163 Å². The molecule has 27 heavy (non-hydrogen) atoms. The molecule has 0 unspecified atom stereocenters. The topological polar surface area (TPSA) is 134 Å². The highest BCUT2D eigenvalue weighted by atomic mass is 31.2. The first-order valence-electron chi connectivity index (χ1n) is 9.37. The molecule has 0 atom stereocenters. The number of ether oxygens (including phenoxy) is 2. The van der Waals surface area contributed by atoms with Crippen molar-refractivity contribution in [2.45, 2.75) is 59.8 Å². The van der Waals surface area contributed by atoms with Crippen LogP contribution < -0.4 is 0 Å². The summed E-state index contributed by atoms with van der Waals surface area (Å²) >= 11 is 0. The quantitative estimate of drug-likeness (QED) is 0.215. The zero-order valence-electron chi connectivity index (χ0n) is 17.1. The largest absolute Gasteiger partial charge is 0.381 e. The van der Waals surface area contributed by atoms with Crippen molar-refractivity contribution in [3.05, 3.63) is 0 Å². The number of hydrogen-bond acceptors (Lipinski definition) is 4. The summed E-state index contributed by atoms with van der Waals surface area (Å²) in [5, 5.41) is 0. The van der Waals surface area contributed by atoms with Crippen molar-refractivity contribution in [2.24, 2.45) is 10.8 Å². The third-order valence-electron chi connectivity index (χ3n) is 4.13. The maximum Gasteiger partial charge on any atom is 0.326 e. The standard InChI is InChI=1S/C17H38O8P2/c1-16(2,14-26(18,19)20)8-5-10-24-12-7-13-25-11-6-9-17(3,4)15-27(21,22)23/h5-15H2,1-4H3,(H2,18,19,20)(H2,21,22,23). The van der Waals surface area contributed by atoms with Gasteiger partial charge in [0.1, 0.15) is 0 Å². The van der Waals surface area contributed by atoms with Crippen LogP contribution in [0.25, 0.3) is 0 Å². The Hall–Kier alpha value is 0.220. The minimum atomic E-state index is -3.98. The van der Waals surface area contributed by atoms with Crippen LogP contribution in [-0.2, 0) is 18.6 Å². The first-order valence-corrected chi connectivity index (χ1v) is 13.0. The van der Waals surface area contributed by atoms with E-state index in [0.29, 0.717) is 39.3 Å². The van der Waals surface area contributed by atoms with Crippen LogP contribution in [-0.4, -0.2) is 58.3 Å². The van der Waals surface area contributed by atoms with Gasteiger partial charge in [0.2, 0.25) is 0 Å². The molecule has 8 nitrogen and oxygen atoms in total. The minimum Gasteiger partial charge on any atom is -0.381 e. The second-order valence-corrected chi connectivity index (χ2v) is 12.1. The van der Waals surface area contributed by atoms with Gasteiger partial charge in [-0.1, -0.05) is 27.7 Å². The normalized spacial score (nSPS) is 13.9. The highest BCUT2D eigenvalue weighted by Crippen LogP contribution is 2.44. The first kappa shape index (κ1) is 27.2. The molecule has 0 spiro atoms. The van der Waals surface area contributed by atoms with Crippen molar-refractivity contribution in [2.75, 3.05) is 38.8 Å². The Bertz CT molecular complexity index is 451. The molecular formula is C17H38O8P2. The van der Waals surface area contributed by atoms with Crippen LogP contribution >= 0.6 is 15.2 Å². The van der Waals surface area contributed by atoms with Crippen molar-refractivity contribution in [1.82, 2.24) is 0 Å². The molecule has 164 valence electrons.